The van der Waals surface area contributed by atoms with E-state index in [1.54, 1.807) is 31.0 Å². The summed E-state index contributed by atoms with van der Waals surface area (Å²) in [5, 5.41) is 32.9. The zero-order chi connectivity index (χ0) is 24.0. The van der Waals surface area contributed by atoms with E-state index < -0.39 is 6.23 Å². The number of hydrogen-bond acceptors (Lipinski definition) is 7. The van der Waals surface area contributed by atoms with Gasteiger partial charge in [0.05, 0.1) is 0 Å². The molecule has 1 unspecified atom stereocenters. The summed E-state index contributed by atoms with van der Waals surface area (Å²) in [4.78, 5) is 0. The number of phenolic OH excluding ortho intramolecular Hbond substituents is 1. The highest BCUT2D eigenvalue weighted by Gasteiger charge is 2.13. The molecule has 3 aromatic rings. The Morgan fingerprint density at radius 3 is 2.62 bits per heavy atom. The van der Waals surface area contributed by atoms with E-state index >= 15 is 0 Å². The van der Waals surface area contributed by atoms with Crippen LogP contribution >= 0.6 is 11.8 Å². The Hall–Kier alpha value is -2.39. The molecule has 3 N–H and O–H groups in total. The number of ether oxygens (including phenoxy) is 1. The molecule has 0 amide bonds. The van der Waals surface area contributed by atoms with Crippen LogP contribution in [0.5, 0.6) is 5.75 Å². The van der Waals surface area contributed by atoms with Crippen molar-refractivity contribution in [2.45, 2.75) is 62.2 Å². The van der Waals surface area contributed by atoms with Crippen molar-refractivity contribution < 1.29 is 14.9 Å². The van der Waals surface area contributed by atoms with Gasteiger partial charge in [-0.05, 0) is 55.4 Å². The summed E-state index contributed by atoms with van der Waals surface area (Å²) in [6, 6.07) is 17.6. The van der Waals surface area contributed by atoms with E-state index in [1.165, 1.54) is 5.56 Å². The van der Waals surface area contributed by atoms with Gasteiger partial charge in [0, 0.05) is 39.0 Å². The number of nitrogens with one attached hydrogen (secondary N) is 1. The van der Waals surface area contributed by atoms with Crippen molar-refractivity contribution in [1.29, 1.82) is 0 Å². The number of phenols is 1. The third-order valence-electron chi connectivity index (χ3n) is 5.57. The van der Waals surface area contributed by atoms with E-state index in [-0.39, 0.29) is 5.75 Å². The predicted octanol–water partition coefficient (Wildman–Crippen LogP) is 4.18. The SMILES string of the molecule is COCCCn1c(CCCCC(O)NCCc2ccccc2)nnc1SCc1cccc(O)c1. The Morgan fingerprint density at radius 2 is 1.82 bits per heavy atom. The van der Waals surface area contributed by atoms with Gasteiger partial charge in [0.1, 0.15) is 17.8 Å². The van der Waals surface area contributed by atoms with E-state index in [2.05, 4.69) is 32.2 Å². The van der Waals surface area contributed by atoms with Crippen molar-refractivity contribution in [1.82, 2.24) is 20.1 Å². The summed E-state index contributed by atoms with van der Waals surface area (Å²) in [6.45, 7) is 2.26. The fourth-order valence-electron chi connectivity index (χ4n) is 3.75. The average Bonchev–Trinajstić information content (AvgIpc) is 3.23. The van der Waals surface area contributed by atoms with E-state index in [1.807, 2.05) is 30.3 Å². The summed E-state index contributed by atoms with van der Waals surface area (Å²) < 4.78 is 7.41. The molecule has 34 heavy (non-hydrogen) atoms. The lowest BCUT2D eigenvalue weighted by atomic mass is 10.1. The van der Waals surface area contributed by atoms with E-state index in [0.717, 1.165) is 67.5 Å². The molecule has 1 atom stereocenters. The second-order valence-corrected chi connectivity index (χ2v) is 9.25. The highest BCUT2D eigenvalue weighted by atomic mass is 32.2. The van der Waals surface area contributed by atoms with Gasteiger partial charge >= 0.3 is 0 Å². The maximum absolute atomic E-state index is 10.2. The molecule has 184 valence electrons. The highest BCUT2D eigenvalue weighted by Crippen LogP contribution is 2.24. The first-order valence-corrected chi connectivity index (χ1v) is 12.9. The standard InChI is InChI=1S/C26H36N4O3S/c1-33-18-8-17-30-24(28-29-26(30)34-20-22-11-7-12-23(31)19-22)13-5-6-14-25(32)27-16-15-21-9-3-2-4-10-21/h2-4,7,9-12,19,25,27,31-32H,5-6,8,13-18,20H2,1H3. The van der Waals surface area contributed by atoms with Crippen LogP contribution in [0.25, 0.3) is 0 Å². The molecule has 2 aromatic carbocycles. The number of hydrogen-bond donors (Lipinski definition) is 3. The molecule has 3 rings (SSSR count). The van der Waals surface area contributed by atoms with Crippen molar-refractivity contribution in [2.75, 3.05) is 20.3 Å². The second kappa shape index (κ2) is 14.8. The van der Waals surface area contributed by atoms with Crippen molar-refractivity contribution in [3.63, 3.8) is 0 Å². The van der Waals surface area contributed by atoms with Crippen molar-refractivity contribution in [2.24, 2.45) is 0 Å². The first-order valence-electron chi connectivity index (χ1n) is 11.9. The minimum Gasteiger partial charge on any atom is -0.508 e. The van der Waals surface area contributed by atoms with Gasteiger partial charge in [-0.1, -0.05) is 54.2 Å². The Labute approximate surface area is 206 Å². The summed E-state index contributed by atoms with van der Waals surface area (Å²) in [6.07, 6.45) is 4.70. The Morgan fingerprint density at radius 1 is 1.00 bits per heavy atom. The van der Waals surface area contributed by atoms with Gasteiger partial charge in [-0.15, -0.1) is 10.2 Å². The highest BCUT2D eigenvalue weighted by molar-refractivity contribution is 7.98. The molecule has 0 spiro atoms. The fraction of sp³-hybridized carbons (Fsp3) is 0.462. The van der Waals surface area contributed by atoms with Crippen molar-refractivity contribution in [3.8, 4) is 5.75 Å². The molecule has 1 aromatic heterocycles. The minimum atomic E-state index is -0.489. The number of aryl methyl sites for hydroxylation is 1. The van der Waals surface area contributed by atoms with Gasteiger partial charge in [-0.25, -0.2) is 0 Å². The van der Waals surface area contributed by atoms with Gasteiger partial charge in [0.25, 0.3) is 0 Å². The molecule has 0 saturated carbocycles. The molecule has 0 aliphatic heterocycles. The molecule has 1 heterocycles. The number of thioether (sulfide) groups is 1. The van der Waals surface area contributed by atoms with Crippen LogP contribution in [0, 0.1) is 0 Å². The van der Waals surface area contributed by atoms with Crippen LogP contribution in [-0.2, 0) is 29.9 Å². The summed E-state index contributed by atoms with van der Waals surface area (Å²) in [5.74, 6) is 1.97. The molecular weight excluding hydrogens is 448 g/mol. The fourth-order valence-corrected chi connectivity index (χ4v) is 4.67. The van der Waals surface area contributed by atoms with Gasteiger partial charge in [-0.2, -0.15) is 0 Å². The maximum Gasteiger partial charge on any atom is 0.191 e. The first-order chi connectivity index (χ1) is 16.7. The first kappa shape index (κ1) is 26.2. The van der Waals surface area contributed by atoms with Crippen LogP contribution in [0.2, 0.25) is 0 Å². The predicted molar refractivity (Wildman–Crippen MR) is 136 cm³/mol. The average molecular weight is 485 g/mol. The smallest absolute Gasteiger partial charge is 0.191 e. The number of rotatable bonds is 16. The van der Waals surface area contributed by atoms with Gasteiger partial charge in [0.15, 0.2) is 5.16 Å². The second-order valence-electron chi connectivity index (χ2n) is 8.31. The van der Waals surface area contributed by atoms with Crippen molar-refractivity contribution in [3.05, 3.63) is 71.5 Å². The molecular formula is C26H36N4O3S. The van der Waals surface area contributed by atoms with Gasteiger partial charge in [0.2, 0.25) is 0 Å². The van der Waals surface area contributed by atoms with Crippen LogP contribution in [0.4, 0.5) is 0 Å². The molecule has 8 heteroatoms. The number of benzene rings is 2. The van der Waals surface area contributed by atoms with Gasteiger partial charge in [-0.3, -0.25) is 5.32 Å². The van der Waals surface area contributed by atoms with Crippen LogP contribution in [0.1, 0.15) is 42.6 Å². The molecule has 0 fully saturated rings. The molecule has 0 bridgehead atoms. The number of aliphatic hydroxyl groups is 1. The van der Waals surface area contributed by atoms with E-state index in [9.17, 15) is 10.2 Å². The largest absolute Gasteiger partial charge is 0.508 e. The Bertz CT molecular complexity index is 968. The number of nitrogens with zero attached hydrogens (tertiary/aromatic N) is 3. The number of aliphatic hydroxyl groups excluding tert-OH is 1. The quantitative estimate of drug-likeness (QED) is 0.160. The zero-order valence-electron chi connectivity index (χ0n) is 19.9. The minimum absolute atomic E-state index is 0.275. The van der Waals surface area contributed by atoms with Crippen LogP contribution in [0.15, 0.2) is 59.8 Å². The lowest BCUT2D eigenvalue weighted by molar-refractivity contribution is 0.125. The Kier molecular flexibility index (Phi) is 11.4. The Balaban J connectivity index is 1.44. The lowest BCUT2D eigenvalue weighted by Crippen LogP contribution is -2.30. The maximum atomic E-state index is 10.2. The molecule has 0 aliphatic carbocycles. The monoisotopic (exact) mass is 484 g/mol. The summed E-state index contributed by atoms with van der Waals surface area (Å²) in [7, 11) is 1.71. The number of methoxy groups -OCH3 is 1. The third kappa shape index (κ3) is 9.10. The molecule has 0 saturated heterocycles. The van der Waals surface area contributed by atoms with E-state index in [0.29, 0.717) is 13.0 Å². The zero-order valence-corrected chi connectivity index (χ0v) is 20.7. The molecule has 0 radical (unpaired) electrons. The lowest BCUT2D eigenvalue weighted by Gasteiger charge is -2.13. The number of aromatic nitrogens is 3. The van der Waals surface area contributed by atoms with Gasteiger partial charge < -0.3 is 19.5 Å². The van der Waals surface area contributed by atoms with Crippen molar-refractivity contribution >= 4 is 11.8 Å². The topological polar surface area (TPSA) is 92.4 Å². The molecule has 7 nitrogen and oxygen atoms in total. The third-order valence-corrected chi connectivity index (χ3v) is 6.60. The van der Waals surface area contributed by atoms with Crippen LogP contribution in [-0.4, -0.2) is 51.5 Å². The normalized spacial score (nSPS) is 12.2. The molecule has 0 aliphatic rings. The van der Waals surface area contributed by atoms with E-state index in [4.69, 9.17) is 4.74 Å². The number of aromatic hydroxyl groups is 1. The van der Waals surface area contributed by atoms with Crippen LogP contribution < -0.4 is 5.32 Å². The summed E-state index contributed by atoms with van der Waals surface area (Å²) in [5.41, 5.74) is 2.32. The summed E-state index contributed by atoms with van der Waals surface area (Å²) >= 11 is 1.63. The van der Waals surface area contributed by atoms with Crippen LogP contribution in [0.3, 0.4) is 0 Å². The number of unbranched alkanes of at least 4 members (excludes halogenated alkanes) is 1.